The van der Waals surface area contributed by atoms with Crippen LogP contribution in [0.1, 0.15) is 44.0 Å². The monoisotopic (exact) mass is 304 g/mol. The first-order valence-corrected chi connectivity index (χ1v) is 7.14. The van der Waals surface area contributed by atoms with Crippen LogP contribution in [0.15, 0.2) is 35.4 Å². The molecule has 2 rings (SSSR count). The Bertz CT molecular complexity index is 625. The van der Waals surface area contributed by atoms with Gasteiger partial charge in [0.05, 0.1) is 11.7 Å². The lowest BCUT2D eigenvalue weighted by molar-refractivity contribution is -0.131. The molecule has 0 bridgehead atoms. The fourth-order valence-electron chi connectivity index (χ4n) is 3.07. The van der Waals surface area contributed by atoms with Crippen molar-refractivity contribution in [1.29, 1.82) is 0 Å². The van der Waals surface area contributed by atoms with Gasteiger partial charge in [-0.1, -0.05) is 19.4 Å². The molecule has 0 amide bonds. The van der Waals surface area contributed by atoms with Crippen LogP contribution >= 0.6 is 0 Å². The molecule has 22 heavy (non-hydrogen) atoms. The molecule has 1 aliphatic rings. The van der Waals surface area contributed by atoms with Crippen molar-refractivity contribution in [3.8, 4) is 5.75 Å². The van der Waals surface area contributed by atoms with Crippen LogP contribution < -0.4 is 4.74 Å². The molecule has 0 saturated carbocycles. The van der Waals surface area contributed by atoms with E-state index in [4.69, 9.17) is 9.84 Å². The van der Waals surface area contributed by atoms with Crippen molar-refractivity contribution >= 4 is 11.9 Å². The second-order valence-electron chi connectivity index (χ2n) is 6.32. The second-order valence-corrected chi connectivity index (χ2v) is 6.32. The normalized spacial score (nSPS) is 20.6. The lowest BCUT2D eigenvalue weighted by Gasteiger charge is -2.35. The molecule has 0 heterocycles. The van der Waals surface area contributed by atoms with Gasteiger partial charge in [-0.15, -0.1) is 0 Å². The Morgan fingerprint density at radius 1 is 1.23 bits per heavy atom. The Balaban J connectivity index is 2.21. The summed E-state index contributed by atoms with van der Waals surface area (Å²) in [5.41, 5.74) is 1.09. The van der Waals surface area contributed by atoms with Crippen molar-refractivity contribution in [3.05, 3.63) is 41.0 Å². The van der Waals surface area contributed by atoms with Crippen LogP contribution in [-0.2, 0) is 4.79 Å². The zero-order chi connectivity index (χ0) is 16.5. The number of aromatic carboxylic acids is 1. The van der Waals surface area contributed by atoms with Crippen LogP contribution in [0.25, 0.3) is 0 Å². The Labute approximate surface area is 129 Å². The second kappa shape index (κ2) is 5.93. The van der Waals surface area contributed by atoms with E-state index in [2.05, 4.69) is 0 Å². The highest BCUT2D eigenvalue weighted by molar-refractivity contribution is 5.93. The third-order valence-electron chi connectivity index (χ3n) is 3.91. The van der Waals surface area contributed by atoms with Crippen LogP contribution in [0.5, 0.6) is 5.75 Å². The van der Waals surface area contributed by atoms with Crippen molar-refractivity contribution < 1.29 is 24.5 Å². The van der Waals surface area contributed by atoms with Gasteiger partial charge in [-0.05, 0) is 49.4 Å². The molecule has 118 valence electrons. The van der Waals surface area contributed by atoms with Gasteiger partial charge in [-0.3, -0.25) is 0 Å². The average Bonchev–Trinajstić information content (AvgIpc) is 2.36. The number of benzene rings is 1. The molecule has 1 aromatic rings. The number of hydrogen-bond acceptors (Lipinski definition) is 4. The van der Waals surface area contributed by atoms with Crippen molar-refractivity contribution in [2.75, 3.05) is 0 Å². The number of carbonyl (C=O) groups is 2. The van der Waals surface area contributed by atoms with Crippen LogP contribution in [0.3, 0.4) is 0 Å². The number of esters is 1. The molecular formula is C17H20O5. The minimum atomic E-state index is -1.03. The quantitative estimate of drug-likeness (QED) is 0.662. The van der Waals surface area contributed by atoms with E-state index in [0.29, 0.717) is 24.2 Å². The summed E-state index contributed by atoms with van der Waals surface area (Å²) < 4.78 is 5.36. The highest BCUT2D eigenvalue weighted by atomic mass is 16.5. The minimum absolute atomic E-state index is 0.135. The Hall–Kier alpha value is -2.14. The zero-order valence-corrected chi connectivity index (χ0v) is 12.9. The molecule has 5 heteroatoms. The highest BCUT2D eigenvalue weighted by Crippen LogP contribution is 2.40. The number of ether oxygens (including phenoxy) is 1. The van der Waals surface area contributed by atoms with Crippen molar-refractivity contribution in [1.82, 2.24) is 0 Å². The van der Waals surface area contributed by atoms with Gasteiger partial charge in [0, 0.05) is 5.57 Å². The predicted molar refractivity (Wildman–Crippen MR) is 80.8 cm³/mol. The molecule has 0 unspecified atom stereocenters. The summed E-state index contributed by atoms with van der Waals surface area (Å²) >= 11 is 0. The third-order valence-corrected chi connectivity index (χ3v) is 3.91. The molecular weight excluding hydrogens is 284 g/mol. The van der Waals surface area contributed by atoms with Gasteiger partial charge in [-0.25, -0.2) is 9.59 Å². The van der Waals surface area contributed by atoms with Crippen LogP contribution in [-0.4, -0.2) is 28.3 Å². The number of rotatable bonds is 3. The van der Waals surface area contributed by atoms with Crippen molar-refractivity contribution in [2.45, 2.75) is 39.7 Å². The molecule has 1 aromatic carbocycles. The van der Waals surface area contributed by atoms with E-state index < -0.39 is 23.5 Å². The Morgan fingerprint density at radius 2 is 1.82 bits per heavy atom. The maximum atomic E-state index is 12.4. The van der Waals surface area contributed by atoms with Gasteiger partial charge in [0.25, 0.3) is 0 Å². The van der Waals surface area contributed by atoms with E-state index in [1.165, 1.54) is 24.3 Å². The molecule has 2 N–H and O–H groups in total. The number of carboxylic acids is 1. The minimum Gasteiger partial charge on any atom is -0.478 e. The summed E-state index contributed by atoms with van der Waals surface area (Å²) in [6, 6.07) is 5.70. The summed E-state index contributed by atoms with van der Waals surface area (Å²) in [5, 5.41) is 18.7. The molecule has 5 nitrogen and oxygen atoms in total. The van der Waals surface area contributed by atoms with E-state index in [-0.39, 0.29) is 5.56 Å². The highest BCUT2D eigenvalue weighted by Gasteiger charge is 2.37. The van der Waals surface area contributed by atoms with E-state index in [0.717, 1.165) is 5.57 Å². The summed E-state index contributed by atoms with van der Waals surface area (Å²) in [6.07, 6.45) is 0.528. The molecule has 0 aliphatic heterocycles. The number of hydrogen-bond donors (Lipinski definition) is 2. The summed E-state index contributed by atoms with van der Waals surface area (Å²) in [4.78, 5) is 23.2. The maximum Gasteiger partial charge on any atom is 0.339 e. The SMILES string of the molecule is CC1=C(C(=O)Oc2ccc(C(=O)O)cc2)C(C)(C)C[C@@H](O)C1. The number of aliphatic hydroxyl groups excluding tert-OH is 1. The smallest absolute Gasteiger partial charge is 0.339 e. The molecule has 0 aromatic heterocycles. The lowest BCUT2D eigenvalue weighted by Crippen LogP contribution is -2.34. The molecule has 1 aliphatic carbocycles. The average molecular weight is 304 g/mol. The number of carboxylic acid groups (broad SMARTS) is 1. The molecule has 0 radical (unpaired) electrons. The Morgan fingerprint density at radius 3 is 2.32 bits per heavy atom. The van der Waals surface area contributed by atoms with E-state index in [9.17, 15) is 14.7 Å². The Kier molecular flexibility index (Phi) is 4.37. The lowest BCUT2D eigenvalue weighted by atomic mass is 9.71. The van der Waals surface area contributed by atoms with Gasteiger partial charge in [0.1, 0.15) is 5.75 Å². The molecule has 0 saturated heterocycles. The van der Waals surface area contributed by atoms with Gasteiger partial charge in [0.2, 0.25) is 0 Å². The summed E-state index contributed by atoms with van der Waals surface area (Å²) in [5.74, 6) is -1.17. The van der Waals surface area contributed by atoms with Crippen molar-refractivity contribution in [2.24, 2.45) is 5.41 Å². The molecule has 0 fully saturated rings. The van der Waals surface area contributed by atoms with E-state index in [1.54, 1.807) is 0 Å². The predicted octanol–water partition coefficient (Wildman–Crippen LogP) is 2.79. The first-order valence-electron chi connectivity index (χ1n) is 7.14. The van der Waals surface area contributed by atoms with Crippen molar-refractivity contribution in [3.63, 3.8) is 0 Å². The number of aliphatic hydroxyl groups is 1. The first-order chi connectivity index (χ1) is 10.2. The van der Waals surface area contributed by atoms with Crippen LogP contribution in [0.4, 0.5) is 0 Å². The maximum absolute atomic E-state index is 12.4. The largest absolute Gasteiger partial charge is 0.478 e. The van der Waals surface area contributed by atoms with Gasteiger partial charge < -0.3 is 14.9 Å². The summed E-state index contributed by atoms with van der Waals surface area (Å²) in [6.45, 7) is 5.64. The van der Waals surface area contributed by atoms with E-state index in [1.807, 2.05) is 20.8 Å². The van der Waals surface area contributed by atoms with Gasteiger partial charge >= 0.3 is 11.9 Å². The standard InChI is InChI=1S/C17H20O5/c1-10-8-12(18)9-17(2,3)14(10)16(21)22-13-6-4-11(5-7-13)15(19)20/h4-7,12,18H,8-9H2,1-3H3,(H,19,20)/t12-/m0/s1. The zero-order valence-electron chi connectivity index (χ0n) is 12.9. The molecule has 1 atom stereocenters. The number of carbonyl (C=O) groups excluding carboxylic acids is 1. The topological polar surface area (TPSA) is 83.8 Å². The van der Waals surface area contributed by atoms with E-state index >= 15 is 0 Å². The first kappa shape index (κ1) is 16.2. The summed E-state index contributed by atoms with van der Waals surface area (Å²) in [7, 11) is 0. The van der Waals surface area contributed by atoms with Crippen LogP contribution in [0, 0.1) is 5.41 Å². The fraction of sp³-hybridized carbons (Fsp3) is 0.412. The fourth-order valence-corrected chi connectivity index (χ4v) is 3.07. The van der Waals surface area contributed by atoms with Gasteiger partial charge in [-0.2, -0.15) is 0 Å². The van der Waals surface area contributed by atoms with Gasteiger partial charge in [0.15, 0.2) is 0 Å². The third kappa shape index (κ3) is 3.36. The molecule has 0 spiro atoms. The van der Waals surface area contributed by atoms with Crippen LogP contribution in [0.2, 0.25) is 0 Å².